The highest BCUT2D eigenvalue weighted by atomic mass is 32.2. The van der Waals surface area contributed by atoms with E-state index in [1.807, 2.05) is 23.6 Å². The largest absolute Gasteiger partial charge is 0.332 e. The summed E-state index contributed by atoms with van der Waals surface area (Å²) in [4.78, 5) is 15.8. The highest BCUT2D eigenvalue weighted by Crippen LogP contribution is 2.17. The average Bonchev–Trinajstić information content (AvgIpc) is 3.28. The van der Waals surface area contributed by atoms with Crippen molar-refractivity contribution in [2.75, 3.05) is 13.1 Å². The van der Waals surface area contributed by atoms with Crippen molar-refractivity contribution >= 4 is 27.3 Å². The first-order chi connectivity index (χ1) is 15.4. The van der Waals surface area contributed by atoms with Gasteiger partial charge in [-0.1, -0.05) is 54.6 Å². The summed E-state index contributed by atoms with van der Waals surface area (Å²) in [5, 5.41) is 1.92. The van der Waals surface area contributed by atoms with E-state index in [1.54, 1.807) is 41.3 Å². The molecule has 0 aliphatic rings. The molecule has 3 aromatic rings. The van der Waals surface area contributed by atoms with Crippen molar-refractivity contribution in [3.63, 3.8) is 0 Å². The molecule has 0 fully saturated rings. The van der Waals surface area contributed by atoms with Crippen molar-refractivity contribution in [1.29, 1.82) is 0 Å². The number of benzene rings is 2. The molecule has 5 nitrogen and oxygen atoms in total. The summed E-state index contributed by atoms with van der Waals surface area (Å²) in [6, 6.07) is 18.6. The normalized spacial score (nSPS) is 11.4. The van der Waals surface area contributed by atoms with Gasteiger partial charge in [-0.15, -0.1) is 17.9 Å². The number of halogens is 1. The van der Waals surface area contributed by atoms with Gasteiger partial charge in [0.15, 0.2) is 0 Å². The van der Waals surface area contributed by atoms with Gasteiger partial charge in [0.25, 0.3) is 0 Å². The number of rotatable bonds is 11. The zero-order chi connectivity index (χ0) is 23.0. The lowest BCUT2D eigenvalue weighted by atomic mass is 10.2. The van der Waals surface area contributed by atoms with Crippen LogP contribution < -0.4 is 0 Å². The van der Waals surface area contributed by atoms with Gasteiger partial charge in [0.2, 0.25) is 15.9 Å². The number of carbonyl (C=O) groups excluding carboxylic acids is 1. The molecule has 168 valence electrons. The van der Waals surface area contributed by atoms with E-state index >= 15 is 0 Å². The Hall–Kier alpha value is -2.81. The Morgan fingerprint density at radius 1 is 0.969 bits per heavy atom. The summed E-state index contributed by atoms with van der Waals surface area (Å²) in [7, 11) is -3.74. The fraction of sp³-hybridized carbons (Fsp3) is 0.208. The summed E-state index contributed by atoms with van der Waals surface area (Å²) in [5.41, 5.74) is 1.41. The first kappa shape index (κ1) is 23.8. The lowest BCUT2D eigenvalue weighted by Crippen LogP contribution is -2.42. The third kappa shape index (κ3) is 6.85. The Bertz CT molecular complexity index is 1120. The minimum absolute atomic E-state index is 0.0320. The smallest absolute Gasteiger partial charge is 0.238 e. The summed E-state index contributed by atoms with van der Waals surface area (Å²) in [5.74, 6) is -0.882. The summed E-state index contributed by atoms with van der Waals surface area (Å²) >= 11 is 1.52. The van der Waals surface area contributed by atoms with Crippen molar-refractivity contribution in [3.05, 3.63) is 107 Å². The van der Waals surface area contributed by atoms with Gasteiger partial charge in [-0.2, -0.15) is 4.31 Å². The van der Waals surface area contributed by atoms with E-state index in [-0.39, 0.29) is 37.1 Å². The van der Waals surface area contributed by atoms with Crippen LogP contribution in [0.3, 0.4) is 0 Å². The van der Waals surface area contributed by atoms with Crippen LogP contribution in [0.5, 0.6) is 0 Å². The summed E-state index contributed by atoms with van der Waals surface area (Å²) in [6.07, 6.45) is 1.47. The van der Waals surface area contributed by atoms with Crippen LogP contribution in [0.4, 0.5) is 4.39 Å². The molecule has 1 heterocycles. The van der Waals surface area contributed by atoms with Crippen molar-refractivity contribution < 1.29 is 17.6 Å². The first-order valence-corrected chi connectivity index (χ1v) is 12.5. The number of amides is 1. The monoisotopic (exact) mass is 472 g/mol. The zero-order valence-corrected chi connectivity index (χ0v) is 19.2. The maximum absolute atomic E-state index is 13.3. The van der Waals surface area contributed by atoms with Gasteiger partial charge in [0, 0.05) is 18.0 Å². The molecule has 0 atom stereocenters. The van der Waals surface area contributed by atoms with E-state index in [4.69, 9.17) is 0 Å². The third-order valence-corrected chi connectivity index (χ3v) is 7.42. The van der Waals surface area contributed by atoms with E-state index in [2.05, 4.69) is 6.58 Å². The van der Waals surface area contributed by atoms with Gasteiger partial charge >= 0.3 is 0 Å². The van der Waals surface area contributed by atoms with Crippen LogP contribution in [0.15, 0.2) is 84.8 Å². The quantitative estimate of drug-likeness (QED) is 0.388. The number of carbonyl (C=O) groups is 1. The lowest BCUT2D eigenvalue weighted by Gasteiger charge is -2.26. The van der Waals surface area contributed by atoms with E-state index in [0.29, 0.717) is 12.1 Å². The van der Waals surface area contributed by atoms with Crippen LogP contribution in [0.2, 0.25) is 0 Å². The van der Waals surface area contributed by atoms with Gasteiger partial charge in [-0.3, -0.25) is 4.79 Å². The maximum atomic E-state index is 13.3. The van der Waals surface area contributed by atoms with E-state index in [1.165, 1.54) is 29.5 Å². The Balaban J connectivity index is 1.79. The van der Waals surface area contributed by atoms with Crippen molar-refractivity contribution in [2.24, 2.45) is 0 Å². The number of hydrogen-bond donors (Lipinski definition) is 0. The second kappa shape index (κ2) is 11.2. The standard InChI is InChI=1S/C24H25FN2O3S2/c1-2-14-27(32(29,30)19-21-7-4-3-5-8-21)18-24(28)26(17-23-9-6-15-31-23)16-20-10-12-22(25)13-11-20/h2-13,15H,1,14,16-19H2. The molecule has 0 aliphatic heterocycles. The molecule has 8 heteroatoms. The molecule has 0 radical (unpaired) electrons. The lowest BCUT2D eigenvalue weighted by molar-refractivity contribution is -0.132. The predicted molar refractivity (Wildman–Crippen MR) is 126 cm³/mol. The molecule has 0 saturated heterocycles. The molecule has 32 heavy (non-hydrogen) atoms. The maximum Gasteiger partial charge on any atom is 0.238 e. The topological polar surface area (TPSA) is 57.7 Å². The molecule has 1 aromatic heterocycles. The minimum Gasteiger partial charge on any atom is -0.332 e. The van der Waals surface area contributed by atoms with Crippen LogP contribution >= 0.6 is 11.3 Å². The fourth-order valence-electron chi connectivity index (χ4n) is 3.18. The highest BCUT2D eigenvalue weighted by Gasteiger charge is 2.26. The number of nitrogens with zero attached hydrogens (tertiary/aromatic N) is 2. The second-order valence-electron chi connectivity index (χ2n) is 7.28. The van der Waals surface area contributed by atoms with Crippen LogP contribution in [-0.2, 0) is 33.7 Å². The SMILES string of the molecule is C=CCN(CC(=O)N(Cc1ccc(F)cc1)Cc1cccs1)S(=O)(=O)Cc1ccccc1. The van der Waals surface area contributed by atoms with Gasteiger partial charge in [0.05, 0.1) is 18.8 Å². The van der Waals surface area contributed by atoms with Crippen molar-refractivity contribution in [2.45, 2.75) is 18.8 Å². The second-order valence-corrected chi connectivity index (χ2v) is 10.3. The molecule has 3 rings (SSSR count). The van der Waals surface area contributed by atoms with Crippen LogP contribution in [0.25, 0.3) is 0 Å². The molecule has 0 unspecified atom stereocenters. The van der Waals surface area contributed by atoms with Crippen molar-refractivity contribution in [1.82, 2.24) is 9.21 Å². The van der Waals surface area contributed by atoms with Crippen LogP contribution in [0.1, 0.15) is 16.0 Å². The van der Waals surface area contributed by atoms with Gasteiger partial charge in [0.1, 0.15) is 5.82 Å². The molecule has 0 bridgehead atoms. The Labute approximate surface area is 192 Å². The van der Waals surface area contributed by atoms with Gasteiger partial charge in [-0.25, -0.2) is 12.8 Å². The van der Waals surface area contributed by atoms with Gasteiger partial charge < -0.3 is 4.90 Å². The Morgan fingerprint density at radius 3 is 2.31 bits per heavy atom. The summed E-state index contributed by atoms with van der Waals surface area (Å²) in [6.45, 7) is 3.97. The molecule has 0 saturated carbocycles. The number of thiophene rings is 1. The Morgan fingerprint density at radius 2 is 1.69 bits per heavy atom. The van der Waals surface area contributed by atoms with Crippen LogP contribution in [-0.4, -0.2) is 36.6 Å². The van der Waals surface area contributed by atoms with Crippen LogP contribution in [0, 0.1) is 5.82 Å². The average molecular weight is 473 g/mol. The predicted octanol–water partition coefficient (Wildman–Crippen LogP) is 4.43. The first-order valence-electron chi connectivity index (χ1n) is 10.0. The molecule has 1 amide bonds. The number of sulfonamides is 1. The van der Waals surface area contributed by atoms with E-state index in [0.717, 1.165) is 14.7 Å². The van der Waals surface area contributed by atoms with E-state index in [9.17, 15) is 17.6 Å². The van der Waals surface area contributed by atoms with E-state index < -0.39 is 10.0 Å². The highest BCUT2D eigenvalue weighted by molar-refractivity contribution is 7.88. The molecule has 2 aromatic carbocycles. The number of hydrogen-bond acceptors (Lipinski definition) is 4. The Kier molecular flexibility index (Phi) is 8.33. The molecule has 0 aliphatic carbocycles. The molecule has 0 spiro atoms. The third-order valence-electron chi connectivity index (χ3n) is 4.80. The summed E-state index contributed by atoms with van der Waals surface area (Å²) < 4.78 is 40.5. The molecule has 0 N–H and O–H groups in total. The molecular weight excluding hydrogens is 447 g/mol. The zero-order valence-electron chi connectivity index (χ0n) is 17.6. The molecular formula is C24H25FN2O3S2. The minimum atomic E-state index is -3.74. The fourth-order valence-corrected chi connectivity index (χ4v) is 5.34. The van der Waals surface area contributed by atoms with Crippen molar-refractivity contribution in [3.8, 4) is 0 Å². The van der Waals surface area contributed by atoms with Gasteiger partial charge in [-0.05, 0) is 34.7 Å².